The third kappa shape index (κ3) is 4.97. The zero-order valence-electron chi connectivity index (χ0n) is 13.4. The van der Waals surface area contributed by atoms with Gasteiger partial charge in [0, 0.05) is 4.88 Å². The predicted octanol–water partition coefficient (Wildman–Crippen LogP) is 4.67. The zero-order chi connectivity index (χ0) is 17.6. The molecule has 3 rings (SSSR count). The number of carbonyl (C=O) groups is 1. The van der Waals surface area contributed by atoms with Crippen LogP contribution in [0.5, 0.6) is 0 Å². The van der Waals surface area contributed by atoms with Gasteiger partial charge in [0.1, 0.15) is 11.6 Å². The second-order valence-electron chi connectivity index (χ2n) is 5.77. The van der Waals surface area contributed by atoms with Crippen molar-refractivity contribution in [2.24, 2.45) is 0 Å². The van der Waals surface area contributed by atoms with E-state index < -0.39 is 6.04 Å². The van der Waals surface area contributed by atoms with Crippen LogP contribution in [0.15, 0.2) is 66.0 Å². The SMILES string of the molecule is O=C(Cc1cccs1)NC(Cc1cccc(F)c1)c1cccc(F)c1. The molecule has 1 heterocycles. The Morgan fingerprint density at radius 2 is 1.76 bits per heavy atom. The summed E-state index contributed by atoms with van der Waals surface area (Å²) in [6.07, 6.45) is 0.657. The molecule has 0 aliphatic heterocycles. The lowest BCUT2D eigenvalue weighted by atomic mass is 9.98. The van der Waals surface area contributed by atoms with Crippen LogP contribution in [0.4, 0.5) is 8.78 Å². The van der Waals surface area contributed by atoms with Crippen molar-refractivity contribution >= 4 is 17.2 Å². The number of thiophene rings is 1. The molecule has 5 heteroatoms. The summed E-state index contributed by atoms with van der Waals surface area (Å²) in [5, 5.41) is 4.86. The van der Waals surface area contributed by atoms with Crippen LogP contribution in [0.3, 0.4) is 0 Å². The highest BCUT2D eigenvalue weighted by molar-refractivity contribution is 7.10. The molecule has 0 spiro atoms. The van der Waals surface area contributed by atoms with Gasteiger partial charge in [-0.1, -0.05) is 30.3 Å². The van der Waals surface area contributed by atoms with Crippen LogP contribution in [-0.2, 0) is 17.6 Å². The summed E-state index contributed by atoms with van der Waals surface area (Å²) < 4.78 is 27.1. The van der Waals surface area contributed by atoms with Crippen LogP contribution in [0.2, 0.25) is 0 Å². The molecule has 25 heavy (non-hydrogen) atoms. The van der Waals surface area contributed by atoms with Gasteiger partial charge in [-0.25, -0.2) is 8.78 Å². The van der Waals surface area contributed by atoms with Gasteiger partial charge < -0.3 is 5.32 Å². The maximum Gasteiger partial charge on any atom is 0.225 e. The van der Waals surface area contributed by atoms with Gasteiger partial charge in [0.15, 0.2) is 0 Å². The maximum absolute atomic E-state index is 13.6. The number of carbonyl (C=O) groups excluding carboxylic acids is 1. The van der Waals surface area contributed by atoms with E-state index in [4.69, 9.17) is 0 Å². The van der Waals surface area contributed by atoms with Crippen LogP contribution in [-0.4, -0.2) is 5.91 Å². The van der Waals surface area contributed by atoms with Crippen molar-refractivity contribution < 1.29 is 13.6 Å². The highest BCUT2D eigenvalue weighted by Crippen LogP contribution is 2.21. The second-order valence-corrected chi connectivity index (χ2v) is 6.80. The number of halogens is 2. The summed E-state index contributed by atoms with van der Waals surface area (Å²) in [7, 11) is 0. The topological polar surface area (TPSA) is 29.1 Å². The van der Waals surface area contributed by atoms with Crippen molar-refractivity contribution in [3.8, 4) is 0 Å². The van der Waals surface area contributed by atoms with Crippen molar-refractivity contribution in [2.45, 2.75) is 18.9 Å². The average Bonchev–Trinajstić information content (AvgIpc) is 3.07. The number of rotatable bonds is 6. The molecule has 1 unspecified atom stereocenters. The molecule has 2 aromatic carbocycles. The lowest BCUT2D eigenvalue weighted by Gasteiger charge is -2.19. The van der Waals surface area contributed by atoms with E-state index in [0.29, 0.717) is 12.0 Å². The summed E-state index contributed by atoms with van der Waals surface area (Å²) in [4.78, 5) is 13.3. The van der Waals surface area contributed by atoms with Crippen LogP contribution < -0.4 is 5.32 Å². The largest absolute Gasteiger partial charge is 0.349 e. The van der Waals surface area contributed by atoms with Gasteiger partial charge >= 0.3 is 0 Å². The maximum atomic E-state index is 13.6. The van der Waals surface area contributed by atoms with Crippen molar-refractivity contribution in [3.63, 3.8) is 0 Å². The first-order valence-corrected chi connectivity index (χ1v) is 8.80. The molecule has 0 saturated carbocycles. The Bertz CT molecular complexity index is 848. The standard InChI is InChI=1S/C20H17F2NOS/c21-16-6-1-4-14(10-16)11-19(15-5-2-7-17(22)12-15)23-20(24)13-18-8-3-9-25-18/h1-10,12,19H,11,13H2,(H,23,24). The van der Waals surface area contributed by atoms with Crippen molar-refractivity contribution in [1.82, 2.24) is 5.32 Å². The fourth-order valence-corrected chi connectivity index (χ4v) is 3.40. The van der Waals surface area contributed by atoms with Crippen LogP contribution in [0, 0.1) is 11.6 Å². The minimum absolute atomic E-state index is 0.145. The van der Waals surface area contributed by atoms with Crippen LogP contribution in [0.1, 0.15) is 22.0 Å². The molecule has 0 aliphatic carbocycles. The Kier molecular flexibility index (Phi) is 5.56. The number of hydrogen-bond acceptors (Lipinski definition) is 2. The van der Waals surface area contributed by atoms with Crippen LogP contribution >= 0.6 is 11.3 Å². The fraction of sp³-hybridized carbons (Fsp3) is 0.150. The fourth-order valence-electron chi connectivity index (χ4n) is 2.69. The summed E-state index contributed by atoms with van der Waals surface area (Å²) >= 11 is 1.51. The predicted molar refractivity (Wildman–Crippen MR) is 95.4 cm³/mol. The first kappa shape index (κ1) is 17.3. The van der Waals surface area contributed by atoms with E-state index in [0.717, 1.165) is 10.4 Å². The minimum atomic E-state index is -0.426. The quantitative estimate of drug-likeness (QED) is 0.682. The highest BCUT2D eigenvalue weighted by atomic mass is 32.1. The molecule has 1 amide bonds. The van der Waals surface area contributed by atoms with Crippen molar-refractivity contribution in [1.29, 1.82) is 0 Å². The number of benzene rings is 2. The van der Waals surface area contributed by atoms with Gasteiger partial charge in [0.05, 0.1) is 12.5 Å². The Balaban J connectivity index is 1.79. The van der Waals surface area contributed by atoms with E-state index in [2.05, 4.69) is 5.32 Å². The summed E-state index contributed by atoms with van der Waals surface area (Å²) in [5.41, 5.74) is 1.40. The summed E-state index contributed by atoms with van der Waals surface area (Å²) in [6.45, 7) is 0. The zero-order valence-corrected chi connectivity index (χ0v) is 14.2. The average molecular weight is 357 g/mol. The van der Waals surface area contributed by atoms with Gasteiger partial charge in [-0.3, -0.25) is 4.79 Å². The smallest absolute Gasteiger partial charge is 0.225 e. The number of amides is 1. The van der Waals surface area contributed by atoms with Gasteiger partial charge in [-0.2, -0.15) is 0 Å². The van der Waals surface area contributed by atoms with E-state index in [1.807, 2.05) is 17.5 Å². The van der Waals surface area contributed by atoms with E-state index >= 15 is 0 Å². The van der Waals surface area contributed by atoms with E-state index in [-0.39, 0.29) is 24.0 Å². The molecule has 0 aliphatic rings. The number of nitrogens with one attached hydrogen (secondary N) is 1. The van der Waals surface area contributed by atoms with Crippen molar-refractivity contribution in [3.05, 3.63) is 93.7 Å². The van der Waals surface area contributed by atoms with Crippen LogP contribution in [0.25, 0.3) is 0 Å². The molecule has 0 radical (unpaired) electrons. The first-order valence-electron chi connectivity index (χ1n) is 7.92. The first-order chi connectivity index (χ1) is 12.1. The van der Waals surface area contributed by atoms with Crippen molar-refractivity contribution in [2.75, 3.05) is 0 Å². The summed E-state index contributed by atoms with van der Waals surface area (Å²) in [5.74, 6) is -0.845. The Labute approximate surface area is 149 Å². The molecule has 128 valence electrons. The van der Waals surface area contributed by atoms with E-state index in [9.17, 15) is 13.6 Å². The number of hydrogen-bond donors (Lipinski definition) is 1. The molecule has 2 nitrogen and oxygen atoms in total. The third-order valence-corrected chi connectivity index (χ3v) is 4.71. The molecular weight excluding hydrogens is 340 g/mol. The molecular formula is C20H17F2NOS. The molecule has 1 N–H and O–H groups in total. The van der Waals surface area contributed by atoms with E-state index in [1.54, 1.807) is 24.3 Å². The normalized spacial score (nSPS) is 11.9. The minimum Gasteiger partial charge on any atom is -0.349 e. The lowest BCUT2D eigenvalue weighted by Crippen LogP contribution is -2.31. The Morgan fingerprint density at radius 1 is 1.00 bits per heavy atom. The molecule has 0 saturated heterocycles. The Hall–Kier alpha value is -2.53. The lowest BCUT2D eigenvalue weighted by molar-refractivity contribution is -0.121. The third-order valence-electron chi connectivity index (χ3n) is 3.83. The molecule has 1 atom stereocenters. The highest BCUT2D eigenvalue weighted by Gasteiger charge is 2.17. The van der Waals surface area contributed by atoms with Gasteiger partial charge in [0.25, 0.3) is 0 Å². The van der Waals surface area contributed by atoms with Gasteiger partial charge in [-0.05, 0) is 53.3 Å². The van der Waals surface area contributed by atoms with Gasteiger partial charge in [-0.15, -0.1) is 11.3 Å². The molecule has 0 fully saturated rings. The Morgan fingerprint density at radius 3 is 2.44 bits per heavy atom. The van der Waals surface area contributed by atoms with E-state index in [1.165, 1.54) is 35.6 Å². The molecule has 3 aromatic rings. The van der Waals surface area contributed by atoms with Gasteiger partial charge in [0.2, 0.25) is 5.91 Å². The molecule has 1 aromatic heterocycles. The second kappa shape index (κ2) is 8.03. The monoisotopic (exact) mass is 357 g/mol. The molecule has 0 bridgehead atoms. The summed E-state index contributed by atoms with van der Waals surface area (Å²) in [6, 6.07) is 15.7.